The van der Waals surface area contributed by atoms with E-state index in [0.717, 1.165) is 24.3 Å². The van der Waals surface area contributed by atoms with E-state index in [1.165, 1.54) is 4.68 Å². The molecule has 0 bridgehead atoms. The van der Waals surface area contributed by atoms with Crippen molar-refractivity contribution in [2.75, 3.05) is 26.3 Å². The Balaban J connectivity index is 1.85. The van der Waals surface area contributed by atoms with Crippen LogP contribution in [-0.2, 0) is 11.4 Å². The van der Waals surface area contributed by atoms with Gasteiger partial charge in [0.2, 0.25) is 0 Å². The molecule has 110 valence electrons. The fourth-order valence-corrected chi connectivity index (χ4v) is 2.38. The van der Waals surface area contributed by atoms with Crippen molar-refractivity contribution in [1.29, 1.82) is 0 Å². The number of halogens is 1. The molecule has 3 rings (SSSR count). The Morgan fingerprint density at radius 3 is 2.52 bits per heavy atom. The summed E-state index contributed by atoms with van der Waals surface area (Å²) in [5.74, 6) is 0. The molecule has 0 amide bonds. The number of hydrogen-bond donors (Lipinski definition) is 0. The Hall–Kier alpha value is -1.69. The van der Waals surface area contributed by atoms with Crippen LogP contribution in [0.2, 0.25) is 5.02 Å². The van der Waals surface area contributed by atoms with Crippen LogP contribution in [0, 0.1) is 0 Å². The SMILES string of the molecule is O=c1ccc(-c2ccc(Cl)cc2)nn1CN1CCOCC1. The zero-order valence-corrected chi connectivity index (χ0v) is 12.3. The second-order valence-corrected chi connectivity index (χ2v) is 5.37. The summed E-state index contributed by atoms with van der Waals surface area (Å²) < 4.78 is 6.81. The molecule has 0 spiro atoms. The van der Waals surface area contributed by atoms with Gasteiger partial charge in [0.05, 0.1) is 25.6 Å². The zero-order chi connectivity index (χ0) is 14.7. The van der Waals surface area contributed by atoms with Gasteiger partial charge in [0.15, 0.2) is 0 Å². The Morgan fingerprint density at radius 1 is 1.10 bits per heavy atom. The lowest BCUT2D eigenvalue weighted by Gasteiger charge is -2.26. The molecule has 2 aromatic rings. The van der Waals surface area contributed by atoms with Crippen molar-refractivity contribution < 1.29 is 4.74 Å². The third-order valence-electron chi connectivity index (χ3n) is 3.44. The van der Waals surface area contributed by atoms with Crippen molar-refractivity contribution in [2.45, 2.75) is 6.67 Å². The number of aromatic nitrogens is 2. The predicted molar refractivity (Wildman–Crippen MR) is 81.3 cm³/mol. The number of morpholine rings is 1. The largest absolute Gasteiger partial charge is 0.379 e. The maximum absolute atomic E-state index is 12.0. The molecular formula is C15H16ClN3O2. The molecule has 1 fully saturated rings. The fraction of sp³-hybridized carbons (Fsp3) is 0.333. The van der Waals surface area contributed by atoms with Crippen LogP contribution in [-0.4, -0.2) is 41.0 Å². The second kappa shape index (κ2) is 6.39. The summed E-state index contributed by atoms with van der Waals surface area (Å²) in [4.78, 5) is 14.1. The Kier molecular flexibility index (Phi) is 4.34. The van der Waals surface area contributed by atoms with Crippen LogP contribution in [0.5, 0.6) is 0 Å². The molecule has 2 heterocycles. The lowest BCUT2D eigenvalue weighted by Crippen LogP contribution is -2.40. The van der Waals surface area contributed by atoms with Crippen LogP contribution < -0.4 is 5.56 Å². The van der Waals surface area contributed by atoms with Gasteiger partial charge in [-0.1, -0.05) is 23.7 Å². The zero-order valence-electron chi connectivity index (χ0n) is 11.5. The summed E-state index contributed by atoms with van der Waals surface area (Å²) in [5.41, 5.74) is 1.61. The van der Waals surface area contributed by atoms with Gasteiger partial charge < -0.3 is 4.74 Å². The van der Waals surface area contributed by atoms with E-state index in [-0.39, 0.29) is 5.56 Å². The van der Waals surface area contributed by atoms with Crippen LogP contribution in [0.3, 0.4) is 0 Å². The highest BCUT2D eigenvalue weighted by Crippen LogP contribution is 2.18. The summed E-state index contributed by atoms with van der Waals surface area (Å²) in [6, 6.07) is 10.7. The van der Waals surface area contributed by atoms with Crippen molar-refractivity contribution in [2.24, 2.45) is 0 Å². The van der Waals surface area contributed by atoms with E-state index < -0.39 is 0 Å². The van der Waals surface area contributed by atoms with Crippen LogP contribution in [0.15, 0.2) is 41.2 Å². The van der Waals surface area contributed by atoms with Gasteiger partial charge in [0.25, 0.3) is 5.56 Å². The standard InChI is InChI=1S/C15H16ClN3O2/c16-13-3-1-12(2-4-13)14-5-6-15(20)19(17-14)11-18-7-9-21-10-8-18/h1-6H,7-11H2. The first-order valence-corrected chi connectivity index (χ1v) is 7.24. The van der Waals surface area contributed by atoms with Crippen molar-refractivity contribution in [3.63, 3.8) is 0 Å². The molecule has 0 atom stereocenters. The molecule has 6 heteroatoms. The van der Waals surface area contributed by atoms with Gasteiger partial charge >= 0.3 is 0 Å². The third-order valence-corrected chi connectivity index (χ3v) is 3.70. The van der Waals surface area contributed by atoms with Crippen molar-refractivity contribution in [3.05, 3.63) is 51.8 Å². The maximum atomic E-state index is 12.0. The van der Waals surface area contributed by atoms with Gasteiger partial charge in [-0.25, -0.2) is 4.68 Å². The first-order valence-electron chi connectivity index (χ1n) is 6.86. The maximum Gasteiger partial charge on any atom is 0.268 e. The summed E-state index contributed by atoms with van der Waals surface area (Å²) in [5, 5.41) is 5.13. The minimum absolute atomic E-state index is 0.0980. The van der Waals surface area contributed by atoms with Gasteiger partial charge in [-0.2, -0.15) is 5.10 Å². The van der Waals surface area contributed by atoms with Gasteiger partial charge in [0, 0.05) is 29.7 Å². The van der Waals surface area contributed by atoms with E-state index in [0.29, 0.717) is 24.9 Å². The average Bonchev–Trinajstić information content (AvgIpc) is 2.51. The van der Waals surface area contributed by atoms with Crippen LogP contribution in [0.25, 0.3) is 11.3 Å². The van der Waals surface area contributed by atoms with Crippen molar-refractivity contribution in [3.8, 4) is 11.3 Å². The molecule has 0 N–H and O–H groups in total. The molecule has 0 aliphatic carbocycles. The number of hydrogen-bond acceptors (Lipinski definition) is 4. The molecule has 0 saturated carbocycles. The highest BCUT2D eigenvalue weighted by Gasteiger charge is 2.12. The number of benzene rings is 1. The molecular weight excluding hydrogens is 290 g/mol. The Bertz CT molecular complexity index is 663. The summed E-state index contributed by atoms with van der Waals surface area (Å²) in [6.07, 6.45) is 0. The predicted octanol–water partition coefficient (Wildman–Crippen LogP) is 1.85. The van der Waals surface area contributed by atoms with E-state index >= 15 is 0 Å². The van der Waals surface area contributed by atoms with Crippen molar-refractivity contribution >= 4 is 11.6 Å². The lowest BCUT2D eigenvalue weighted by molar-refractivity contribution is 0.0205. The topological polar surface area (TPSA) is 47.4 Å². The first-order chi connectivity index (χ1) is 10.2. The van der Waals surface area contributed by atoms with Gasteiger partial charge in [-0.15, -0.1) is 0 Å². The number of ether oxygens (including phenoxy) is 1. The van der Waals surface area contributed by atoms with E-state index in [1.54, 1.807) is 12.1 Å². The molecule has 0 radical (unpaired) electrons. The van der Waals surface area contributed by atoms with Gasteiger partial charge in [0.1, 0.15) is 0 Å². The summed E-state index contributed by atoms with van der Waals surface area (Å²) >= 11 is 5.89. The highest BCUT2D eigenvalue weighted by atomic mass is 35.5. The minimum Gasteiger partial charge on any atom is -0.379 e. The molecule has 5 nitrogen and oxygen atoms in total. The van der Waals surface area contributed by atoms with E-state index in [2.05, 4.69) is 10.00 Å². The molecule has 1 aromatic heterocycles. The molecule has 1 aromatic carbocycles. The fourth-order valence-electron chi connectivity index (χ4n) is 2.26. The van der Waals surface area contributed by atoms with Gasteiger partial charge in [-0.05, 0) is 18.2 Å². The quantitative estimate of drug-likeness (QED) is 0.868. The smallest absolute Gasteiger partial charge is 0.268 e. The minimum atomic E-state index is -0.0980. The van der Waals surface area contributed by atoms with Crippen molar-refractivity contribution in [1.82, 2.24) is 14.7 Å². The highest BCUT2D eigenvalue weighted by molar-refractivity contribution is 6.30. The molecule has 0 unspecified atom stereocenters. The van der Waals surface area contributed by atoms with E-state index in [1.807, 2.05) is 24.3 Å². The van der Waals surface area contributed by atoms with E-state index in [4.69, 9.17) is 16.3 Å². The second-order valence-electron chi connectivity index (χ2n) is 4.94. The van der Waals surface area contributed by atoms with Crippen LogP contribution >= 0.6 is 11.6 Å². The molecule has 1 aliphatic heterocycles. The van der Waals surface area contributed by atoms with Crippen LogP contribution in [0.1, 0.15) is 0 Å². The van der Waals surface area contributed by atoms with Crippen LogP contribution in [0.4, 0.5) is 0 Å². The third kappa shape index (κ3) is 3.50. The normalized spacial score (nSPS) is 16.0. The van der Waals surface area contributed by atoms with E-state index in [9.17, 15) is 4.79 Å². The number of nitrogens with zero attached hydrogens (tertiary/aromatic N) is 3. The number of rotatable bonds is 3. The summed E-state index contributed by atoms with van der Waals surface area (Å²) in [7, 11) is 0. The molecule has 1 aliphatic rings. The van der Waals surface area contributed by atoms with Gasteiger partial charge in [-0.3, -0.25) is 9.69 Å². The molecule has 21 heavy (non-hydrogen) atoms. The Labute approximate surface area is 127 Å². The monoisotopic (exact) mass is 305 g/mol. The lowest BCUT2D eigenvalue weighted by atomic mass is 10.1. The Morgan fingerprint density at radius 2 is 1.81 bits per heavy atom. The summed E-state index contributed by atoms with van der Waals surface area (Å²) in [6.45, 7) is 3.53. The first kappa shape index (κ1) is 14.3. The molecule has 1 saturated heterocycles. The average molecular weight is 306 g/mol.